The topological polar surface area (TPSA) is 81.5 Å². The molecule has 6 nitrogen and oxygen atoms in total. The second-order valence-corrected chi connectivity index (χ2v) is 5.40. The monoisotopic (exact) mass is 292 g/mol. The summed E-state index contributed by atoms with van der Waals surface area (Å²) < 4.78 is 5.13. The summed E-state index contributed by atoms with van der Waals surface area (Å²) in [5.74, 6) is 0.738. The number of nitrogens with zero attached hydrogens (tertiary/aromatic N) is 1. The van der Waals surface area contributed by atoms with E-state index in [1.165, 1.54) is 44.6 Å². The Bertz CT molecular complexity index is 524. The zero-order chi connectivity index (χ0) is 15.2. The number of amides is 1. The second kappa shape index (κ2) is 7.06. The smallest absolute Gasteiger partial charge is 0.271 e. The molecular formula is C15H20N2O4. The first-order valence-corrected chi connectivity index (χ1v) is 7.22. The molecule has 0 heterocycles. The number of nitro benzene ring substituents is 1. The van der Waals surface area contributed by atoms with Crippen LogP contribution in [0.5, 0.6) is 5.75 Å². The van der Waals surface area contributed by atoms with Crippen LogP contribution >= 0.6 is 0 Å². The summed E-state index contributed by atoms with van der Waals surface area (Å²) in [6.45, 7) is 0. The average Bonchev–Trinajstić information content (AvgIpc) is 2.48. The van der Waals surface area contributed by atoms with Gasteiger partial charge in [0.2, 0.25) is 5.91 Å². The molecule has 0 saturated heterocycles. The van der Waals surface area contributed by atoms with Gasteiger partial charge in [-0.25, -0.2) is 0 Å². The summed E-state index contributed by atoms with van der Waals surface area (Å²) in [5.41, 5.74) is 0.288. The molecule has 21 heavy (non-hydrogen) atoms. The van der Waals surface area contributed by atoms with Crippen molar-refractivity contribution in [2.24, 2.45) is 5.92 Å². The van der Waals surface area contributed by atoms with Crippen molar-refractivity contribution in [2.45, 2.75) is 38.5 Å². The molecule has 6 heteroatoms. The molecule has 114 valence electrons. The fraction of sp³-hybridized carbons (Fsp3) is 0.533. The van der Waals surface area contributed by atoms with E-state index in [-0.39, 0.29) is 11.6 Å². The Hall–Kier alpha value is -2.11. The minimum atomic E-state index is -0.490. The van der Waals surface area contributed by atoms with Gasteiger partial charge in [-0.15, -0.1) is 0 Å². The van der Waals surface area contributed by atoms with Crippen LogP contribution < -0.4 is 10.1 Å². The molecule has 1 aliphatic carbocycles. The highest BCUT2D eigenvalue weighted by atomic mass is 16.6. The first kappa shape index (κ1) is 15.3. The molecule has 0 aliphatic heterocycles. The predicted molar refractivity (Wildman–Crippen MR) is 79.5 cm³/mol. The average molecular weight is 292 g/mol. The van der Waals surface area contributed by atoms with E-state index in [2.05, 4.69) is 5.32 Å². The highest BCUT2D eigenvalue weighted by Gasteiger charge is 2.19. The molecule has 0 atom stereocenters. The van der Waals surface area contributed by atoms with E-state index < -0.39 is 4.92 Å². The first-order valence-electron chi connectivity index (χ1n) is 7.22. The van der Waals surface area contributed by atoms with E-state index in [1.807, 2.05) is 0 Å². The van der Waals surface area contributed by atoms with Gasteiger partial charge in [-0.1, -0.05) is 19.3 Å². The van der Waals surface area contributed by atoms with Crippen molar-refractivity contribution in [3.05, 3.63) is 28.3 Å². The fourth-order valence-corrected chi connectivity index (χ4v) is 2.76. The number of methoxy groups -OCH3 is 1. The van der Waals surface area contributed by atoms with Crippen LogP contribution in [0.3, 0.4) is 0 Å². The van der Waals surface area contributed by atoms with Crippen LogP contribution in [0.15, 0.2) is 18.2 Å². The molecule has 2 rings (SSSR count). The zero-order valence-electron chi connectivity index (χ0n) is 12.1. The number of hydrogen-bond acceptors (Lipinski definition) is 4. The molecule has 1 aromatic rings. The molecule has 0 aromatic heterocycles. The van der Waals surface area contributed by atoms with Gasteiger partial charge in [0.25, 0.3) is 5.69 Å². The second-order valence-electron chi connectivity index (χ2n) is 5.40. The lowest BCUT2D eigenvalue weighted by Crippen LogP contribution is -2.18. The van der Waals surface area contributed by atoms with Crippen LogP contribution in [0.1, 0.15) is 38.5 Å². The number of carbonyl (C=O) groups is 1. The normalized spacial score (nSPS) is 15.5. The molecule has 1 N–H and O–H groups in total. The highest BCUT2D eigenvalue weighted by molar-refractivity contribution is 5.92. The summed E-state index contributed by atoms with van der Waals surface area (Å²) in [6, 6.07) is 4.18. The molecule has 1 amide bonds. The summed E-state index contributed by atoms with van der Waals surface area (Å²) in [4.78, 5) is 22.4. The Kier molecular flexibility index (Phi) is 5.14. The number of non-ortho nitro benzene ring substituents is 1. The van der Waals surface area contributed by atoms with Gasteiger partial charge in [-0.2, -0.15) is 0 Å². The number of carbonyl (C=O) groups excluding carboxylic acids is 1. The summed E-state index contributed by atoms with van der Waals surface area (Å²) in [5, 5.41) is 13.5. The molecular weight excluding hydrogens is 272 g/mol. The van der Waals surface area contributed by atoms with Crippen molar-refractivity contribution in [1.82, 2.24) is 0 Å². The van der Waals surface area contributed by atoms with Crippen LogP contribution in [0.2, 0.25) is 0 Å². The van der Waals surface area contributed by atoms with Crippen LogP contribution in [0.4, 0.5) is 11.4 Å². The Labute approximate surface area is 123 Å². The maximum atomic E-state index is 12.1. The Morgan fingerprint density at radius 3 is 2.71 bits per heavy atom. The van der Waals surface area contributed by atoms with E-state index in [1.54, 1.807) is 0 Å². The maximum absolute atomic E-state index is 12.1. The van der Waals surface area contributed by atoms with E-state index in [9.17, 15) is 14.9 Å². The van der Waals surface area contributed by atoms with Gasteiger partial charge in [0.05, 0.1) is 17.7 Å². The van der Waals surface area contributed by atoms with E-state index in [0.717, 1.165) is 12.8 Å². The van der Waals surface area contributed by atoms with Gasteiger partial charge in [-0.05, 0) is 24.8 Å². The molecule has 0 spiro atoms. The van der Waals surface area contributed by atoms with E-state index in [4.69, 9.17) is 4.74 Å². The quantitative estimate of drug-likeness (QED) is 0.665. The molecule has 1 saturated carbocycles. The minimum Gasteiger partial charge on any atom is -0.495 e. The Morgan fingerprint density at radius 2 is 2.10 bits per heavy atom. The van der Waals surface area contributed by atoms with Gasteiger partial charge in [-0.3, -0.25) is 14.9 Å². The van der Waals surface area contributed by atoms with Crippen LogP contribution in [0.25, 0.3) is 0 Å². The number of nitrogens with one attached hydrogen (secondary N) is 1. The SMILES string of the molecule is COc1ccc([N+](=O)[O-])cc1NC(=O)CC1CCCCC1. The fourth-order valence-electron chi connectivity index (χ4n) is 2.76. The Balaban J connectivity index is 2.04. The number of nitro groups is 1. The number of anilines is 1. The van der Waals surface area contributed by atoms with Crippen molar-refractivity contribution in [1.29, 1.82) is 0 Å². The number of rotatable bonds is 5. The molecule has 0 radical (unpaired) electrons. The van der Waals surface area contributed by atoms with Gasteiger partial charge in [0, 0.05) is 18.6 Å². The largest absolute Gasteiger partial charge is 0.495 e. The van der Waals surface area contributed by atoms with Crippen molar-refractivity contribution in [3.63, 3.8) is 0 Å². The number of hydrogen-bond donors (Lipinski definition) is 1. The third-order valence-corrected chi connectivity index (χ3v) is 3.87. The van der Waals surface area contributed by atoms with Crippen LogP contribution in [-0.4, -0.2) is 17.9 Å². The van der Waals surface area contributed by atoms with Crippen molar-refractivity contribution in [2.75, 3.05) is 12.4 Å². The van der Waals surface area contributed by atoms with Gasteiger partial charge >= 0.3 is 0 Å². The van der Waals surface area contributed by atoms with Crippen molar-refractivity contribution < 1.29 is 14.5 Å². The van der Waals surface area contributed by atoms with Gasteiger partial charge in [0.15, 0.2) is 0 Å². The van der Waals surface area contributed by atoms with Crippen molar-refractivity contribution >= 4 is 17.3 Å². The lowest BCUT2D eigenvalue weighted by atomic mass is 9.87. The lowest BCUT2D eigenvalue weighted by molar-refractivity contribution is -0.384. The molecule has 1 fully saturated rings. The Morgan fingerprint density at radius 1 is 1.38 bits per heavy atom. The first-order chi connectivity index (χ1) is 10.1. The van der Waals surface area contributed by atoms with E-state index in [0.29, 0.717) is 23.8 Å². The lowest BCUT2D eigenvalue weighted by Gasteiger charge is -2.21. The standard InChI is InChI=1S/C15H20N2O4/c1-21-14-8-7-12(17(19)20)10-13(14)16-15(18)9-11-5-3-2-4-6-11/h7-8,10-11H,2-6,9H2,1H3,(H,16,18). The molecule has 0 unspecified atom stereocenters. The van der Waals surface area contributed by atoms with E-state index >= 15 is 0 Å². The molecule has 1 aliphatic rings. The van der Waals surface area contributed by atoms with Gasteiger partial charge < -0.3 is 10.1 Å². The van der Waals surface area contributed by atoms with Crippen molar-refractivity contribution in [3.8, 4) is 5.75 Å². The highest BCUT2D eigenvalue weighted by Crippen LogP contribution is 2.30. The maximum Gasteiger partial charge on any atom is 0.271 e. The number of benzene rings is 1. The summed E-state index contributed by atoms with van der Waals surface area (Å²) in [7, 11) is 1.47. The summed E-state index contributed by atoms with van der Waals surface area (Å²) >= 11 is 0. The van der Waals surface area contributed by atoms with Crippen LogP contribution in [0, 0.1) is 16.0 Å². The third-order valence-electron chi connectivity index (χ3n) is 3.87. The molecule has 1 aromatic carbocycles. The minimum absolute atomic E-state index is 0.0660. The molecule has 0 bridgehead atoms. The summed E-state index contributed by atoms with van der Waals surface area (Å²) in [6.07, 6.45) is 6.23. The zero-order valence-corrected chi connectivity index (χ0v) is 12.1. The number of ether oxygens (including phenoxy) is 1. The third kappa shape index (κ3) is 4.18. The van der Waals surface area contributed by atoms with Gasteiger partial charge in [0.1, 0.15) is 5.75 Å². The van der Waals surface area contributed by atoms with Crippen LogP contribution in [-0.2, 0) is 4.79 Å². The predicted octanol–water partition coefficient (Wildman–Crippen LogP) is 3.51.